The van der Waals surface area contributed by atoms with E-state index in [0.29, 0.717) is 17.1 Å². The summed E-state index contributed by atoms with van der Waals surface area (Å²) < 4.78 is 10.1. The lowest BCUT2D eigenvalue weighted by molar-refractivity contribution is 0.0603. The minimum atomic E-state index is -0.405. The molecule has 0 N–H and O–H groups in total. The number of piperidine rings is 1. The molecule has 7 nitrogen and oxygen atoms in total. The zero-order valence-corrected chi connectivity index (χ0v) is 16.1. The predicted molar refractivity (Wildman–Crippen MR) is 103 cm³/mol. The van der Waals surface area contributed by atoms with Crippen LogP contribution in [0.25, 0.3) is 10.9 Å². The number of carbonyl (C=O) groups excluding carboxylic acids is 1. The van der Waals surface area contributed by atoms with Crippen molar-refractivity contribution in [3.8, 4) is 6.01 Å². The molecule has 0 bridgehead atoms. The van der Waals surface area contributed by atoms with E-state index in [-0.39, 0.29) is 6.01 Å². The number of anilines is 1. The quantitative estimate of drug-likeness (QED) is 0.749. The maximum Gasteiger partial charge on any atom is 0.340 e. The number of ether oxygens (including phenoxy) is 2. The number of hydrogen-bond acceptors (Lipinski definition) is 7. The van der Waals surface area contributed by atoms with Gasteiger partial charge in [-0.15, -0.1) is 0 Å². The Labute approximate surface area is 159 Å². The third kappa shape index (κ3) is 3.43. The third-order valence-electron chi connectivity index (χ3n) is 5.80. The van der Waals surface area contributed by atoms with Crippen LogP contribution in [0.3, 0.4) is 0 Å². The number of benzene rings is 1. The number of esters is 1. The van der Waals surface area contributed by atoms with Crippen molar-refractivity contribution >= 4 is 22.6 Å². The van der Waals surface area contributed by atoms with Gasteiger partial charge in [0.05, 0.1) is 25.3 Å². The standard InChI is InChI=1S/C20H26N4O3/c1-23(13-4-5-13)14-8-10-24(11-9-14)17-7-6-15(19(25)26-2)18-16(17)12-21-20(22-18)27-3/h6-7,12-14H,4-5,8-11H2,1-3H3. The number of rotatable bonds is 5. The van der Waals surface area contributed by atoms with Crippen LogP contribution in [0.5, 0.6) is 6.01 Å². The van der Waals surface area contributed by atoms with Gasteiger partial charge in [-0.25, -0.2) is 9.78 Å². The zero-order valence-electron chi connectivity index (χ0n) is 16.1. The summed E-state index contributed by atoms with van der Waals surface area (Å²) in [6.45, 7) is 1.97. The van der Waals surface area contributed by atoms with E-state index < -0.39 is 5.97 Å². The topological polar surface area (TPSA) is 67.8 Å². The number of hydrogen-bond donors (Lipinski definition) is 0. The molecule has 0 radical (unpaired) electrons. The number of nitrogens with zero attached hydrogens (tertiary/aromatic N) is 4. The fraction of sp³-hybridized carbons (Fsp3) is 0.550. The molecule has 27 heavy (non-hydrogen) atoms. The molecule has 2 aliphatic rings. The lowest BCUT2D eigenvalue weighted by Crippen LogP contribution is -2.44. The lowest BCUT2D eigenvalue weighted by atomic mass is 10.0. The van der Waals surface area contributed by atoms with Crippen LogP contribution in [0.2, 0.25) is 0 Å². The maximum absolute atomic E-state index is 12.2. The lowest BCUT2D eigenvalue weighted by Gasteiger charge is -2.38. The van der Waals surface area contributed by atoms with E-state index in [9.17, 15) is 4.79 Å². The van der Waals surface area contributed by atoms with E-state index in [0.717, 1.165) is 43.0 Å². The fourth-order valence-corrected chi connectivity index (χ4v) is 4.03. The average Bonchev–Trinajstić information content (AvgIpc) is 3.57. The normalized spacial score (nSPS) is 18.1. The smallest absolute Gasteiger partial charge is 0.340 e. The number of aromatic nitrogens is 2. The Kier molecular flexibility index (Phi) is 4.86. The van der Waals surface area contributed by atoms with Crippen molar-refractivity contribution in [2.45, 2.75) is 37.8 Å². The summed E-state index contributed by atoms with van der Waals surface area (Å²) in [5.74, 6) is -0.405. The Balaban J connectivity index is 1.63. The Morgan fingerprint density at radius 2 is 1.85 bits per heavy atom. The van der Waals surface area contributed by atoms with Crippen LogP contribution in [0, 0.1) is 0 Å². The van der Waals surface area contributed by atoms with Crippen LogP contribution in [-0.4, -0.2) is 67.3 Å². The molecule has 7 heteroatoms. The fourth-order valence-electron chi connectivity index (χ4n) is 4.03. The van der Waals surface area contributed by atoms with Crippen molar-refractivity contribution in [1.82, 2.24) is 14.9 Å². The first-order valence-corrected chi connectivity index (χ1v) is 9.51. The molecule has 1 saturated carbocycles. The van der Waals surface area contributed by atoms with Gasteiger partial charge in [-0.05, 0) is 44.9 Å². The van der Waals surface area contributed by atoms with Gasteiger partial charge >= 0.3 is 12.0 Å². The van der Waals surface area contributed by atoms with Gasteiger partial charge in [-0.3, -0.25) is 0 Å². The second kappa shape index (κ2) is 7.31. The Morgan fingerprint density at radius 3 is 2.48 bits per heavy atom. The van der Waals surface area contributed by atoms with Crippen LogP contribution in [0.15, 0.2) is 18.3 Å². The van der Waals surface area contributed by atoms with Gasteiger partial charge in [0.15, 0.2) is 0 Å². The Bertz CT molecular complexity index is 844. The molecule has 4 rings (SSSR count). The first kappa shape index (κ1) is 18.0. The molecule has 2 heterocycles. The molecule has 0 atom stereocenters. The highest BCUT2D eigenvalue weighted by molar-refractivity contribution is 6.06. The molecule has 0 unspecified atom stereocenters. The van der Waals surface area contributed by atoms with E-state index in [1.807, 2.05) is 6.07 Å². The molecular weight excluding hydrogens is 344 g/mol. The number of methoxy groups -OCH3 is 2. The number of fused-ring (bicyclic) bond motifs is 1. The number of carbonyl (C=O) groups is 1. The third-order valence-corrected chi connectivity index (χ3v) is 5.80. The van der Waals surface area contributed by atoms with E-state index in [2.05, 4.69) is 26.8 Å². The van der Waals surface area contributed by atoms with E-state index in [1.165, 1.54) is 27.1 Å². The summed E-state index contributed by atoms with van der Waals surface area (Å²) in [4.78, 5) is 25.8. The minimum Gasteiger partial charge on any atom is -0.467 e. The van der Waals surface area contributed by atoms with Gasteiger partial charge in [0, 0.05) is 42.4 Å². The maximum atomic E-state index is 12.2. The van der Waals surface area contributed by atoms with Crippen LogP contribution in [0.1, 0.15) is 36.0 Å². The molecule has 1 aliphatic carbocycles. The summed E-state index contributed by atoms with van der Waals surface area (Å²) in [6.07, 6.45) is 6.71. The van der Waals surface area contributed by atoms with Crippen molar-refractivity contribution in [1.29, 1.82) is 0 Å². The summed E-state index contributed by atoms with van der Waals surface area (Å²) in [5, 5.41) is 0.854. The minimum absolute atomic E-state index is 0.245. The van der Waals surface area contributed by atoms with E-state index in [1.54, 1.807) is 12.3 Å². The summed E-state index contributed by atoms with van der Waals surface area (Å²) >= 11 is 0. The molecule has 1 aliphatic heterocycles. The summed E-state index contributed by atoms with van der Waals surface area (Å²) in [6, 6.07) is 5.47. The molecule has 144 valence electrons. The van der Waals surface area contributed by atoms with Gasteiger partial charge in [0.1, 0.15) is 0 Å². The molecule has 1 aromatic heterocycles. The SMILES string of the molecule is COC(=O)c1ccc(N2CCC(N(C)C3CC3)CC2)c2cnc(OC)nc12. The molecule has 1 aromatic carbocycles. The first-order chi connectivity index (χ1) is 13.1. The highest BCUT2D eigenvalue weighted by Gasteiger charge is 2.33. The molecule has 0 amide bonds. The highest BCUT2D eigenvalue weighted by Crippen LogP contribution is 2.34. The molecular formula is C20H26N4O3. The average molecular weight is 370 g/mol. The Morgan fingerprint density at radius 1 is 1.15 bits per heavy atom. The Hall–Kier alpha value is -2.41. The second-order valence-electron chi connectivity index (χ2n) is 7.36. The van der Waals surface area contributed by atoms with Gasteiger partial charge in [0.2, 0.25) is 0 Å². The highest BCUT2D eigenvalue weighted by atomic mass is 16.5. The van der Waals surface area contributed by atoms with Crippen molar-refractivity contribution in [2.24, 2.45) is 0 Å². The second-order valence-corrected chi connectivity index (χ2v) is 7.36. The molecule has 2 fully saturated rings. The summed E-state index contributed by atoms with van der Waals surface area (Å²) in [5.41, 5.74) is 2.07. The van der Waals surface area contributed by atoms with Crippen molar-refractivity contribution in [2.75, 3.05) is 39.3 Å². The van der Waals surface area contributed by atoms with Crippen LogP contribution in [-0.2, 0) is 4.74 Å². The van der Waals surface area contributed by atoms with Gasteiger partial charge in [0.25, 0.3) is 0 Å². The van der Waals surface area contributed by atoms with E-state index >= 15 is 0 Å². The van der Waals surface area contributed by atoms with Crippen LogP contribution in [0.4, 0.5) is 5.69 Å². The molecule has 0 spiro atoms. The van der Waals surface area contributed by atoms with Crippen molar-refractivity contribution in [3.05, 3.63) is 23.9 Å². The van der Waals surface area contributed by atoms with E-state index in [4.69, 9.17) is 9.47 Å². The van der Waals surface area contributed by atoms with Crippen LogP contribution >= 0.6 is 0 Å². The van der Waals surface area contributed by atoms with Crippen molar-refractivity contribution in [3.63, 3.8) is 0 Å². The summed E-state index contributed by atoms with van der Waals surface area (Å²) in [7, 11) is 5.16. The van der Waals surface area contributed by atoms with Crippen LogP contribution < -0.4 is 9.64 Å². The van der Waals surface area contributed by atoms with Gasteiger partial charge in [-0.1, -0.05) is 0 Å². The molecule has 1 saturated heterocycles. The zero-order chi connectivity index (χ0) is 19.0. The first-order valence-electron chi connectivity index (χ1n) is 9.51. The van der Waals surface area contributed by atoms with Gasteiger partial charge < -0.3 is 19.3 Å². The predicted octanol–water partition coefficient (Wildman–Crippen LogP) is 2.49. The monoisotopic (exact) mass is 370 g/mol. The van der Waals surface area contributed by atoms with Crippen molar-refractivity contribution < 1.29 is 14.3 Å². The molecule has 2 aromatic rings. The van der Waals surface area contributed by atoms with Gasteiger partial charge in [-0.2, -0.15) is 4.98 Å². The largest absolute Gasteiger partial charge is 0.467 e.